The average molecular weight is 375 g/mol. The number of aromatic carboxylic acids is 1. The van der Waals surface area contributed by atoms with Crippen molar-refractivity contribution in [1.82, 2.24) is 30.3 Å². The highest BCUT2D eigenvalue weighted by molar-refractivity contribution is 8.00. The number of carboxylic acid groups (broad SMARTS) is 1. The summed E-state index contributed by atoms with van der Waals surface area (Å²) in [7, 11) is 0. The maximum absolute atomic E-state index is 11.4. The Balaban J connectivity index is 1.68. The predicted octanol–water partition coefficient (Wildman–Crippen LogP) is 1.83. The third-order valence-electron chi connectivity index (χ3n) is 3.27. The van der Waals surface area contributed by atoms with Gasteiger partial charge in [-0.15, -0.1) is 16.4 Å². The van der Waals surface area contributed by atoms with Crippen LogP contribution in [0.15, 0.2) is 33.2 Å². The van der Waals surface area contributed by atoms with Crippen molar-refractivity contribution in [3.63, 3.8) is 0 Å². The van der Waals surface area contributed by atoms with Gasteiger partial charge in [-0.3, -0.25) is 0 Å². The fraction of sp³-hybridized carbons (Fsp3) is 0.0769. The van der Waals surface area contributed by atoms with E-state index in [9.17, 15) is 9.90 Å². The van der Waals surface area contributed by atoms with E-state index in [1.165, 1.54) is 27.8 Å². The molecular weight excluding hydrogens is 366 g/mol. The van der Waals surface area contributed by atoms with E-state index in [1.807, 2.05) is 24.3 Å². The first kappa shape index (κ1) is 15.5. The zero-order chi connectivity index (χ0) is 17.4. The Hall–Kier alpha value is -2.99. The fourth-order valence-electron chi connectivity index (χ4n) is 2.15. The minimum Gasteiger partial charge on any atom is -0.476 e. The SMILES string of the molecule is Nc1nonc1-n1nnc(C(=O)O)c1CSc1nc2ccccc2s1. The third-order valence-corrected chi connectivity index (χ3v) is 5.46. The van der Waals surface area contributed by atoms with Gasteiger partial charge in [-0.05, 0) is 22.4 Å². The molecule has 4 rings (SSSR count). The molecule has 0 saturated heterocycles. The molecule has 10 nitrogen and oxygen atoms in total. The van der Waals surface area contributed by atoms with E-state index >= 15 is 0 Å². The Morgan fingerprint density at radius 2 is 2.20 bits per heavy atom. The quantitative estimate of drug-likeness (QED) is 0.495. The Morgan fingerprint density at radius 1 is 1.36 bits per heavy atom. The molecule has 0 saturated carbocycles. The number of nitrogen functional groups attached to an aromatic ring is 1. The molecule has 0 spiro atoms. The normalized spacial score (nSPS) is 11.2. The van der Waals surface area contributed by atoms with Crippen LogP contribution in [0.25, 0.3) is 16.0 Å². The second-order valence-corrected chi connectivity index (χ2v) is 7.06. The summed E-state index contributed by atoms with van der Waals surface area (Å²) in [6, 6.07) is 7.76. The zero-order valence-corrected chi connectivity index (χ0v) is 14.0. The van der Waals surface area contributed by atoms with Crippen LogP contribution in [0.3, 0.4) is 0 Å². The number of rotatable bonds is 5. The van der Waals surface area contributed by atoms with Crippen LogP contribution < -0.4 is 5.73 Å². The number of para-hydroxylation sites is 1. The fourth-order valence-corrected chi connectivity index (χ4v) is 4.21. The topological polar surface area (TPSA) is 146 Å². The average Bonchev–Trinajstić information content (AvgIpc) is 3.29. The lowest BCUT2D eigenvalue weighted by atomic mass is 10.3. The van der Waals surface area contributed by atoms with E-state index in [0.29, 0.717) is 5.69 Å². The summed E-state index contributed by atoms with van der Waals surface area (Å²) in [5.41, 5.74) is 6.69. The number of benzene rings is 1. The molecule has 12 heteroatoms. The smallest absolute Gasteiger partial charge is 0.358 e. The molecule has 4 aromatic rings. The van der Waals surface area contributed by atoms with E-state index < -0.39 is 5.97 Å². The van der Waals surface area contributed by atoms with Gasteiger partial charge in [0.2, 0.25) is 11.6 Å². The van der Waals surface area contributed by atoms with Crippen LogP contribution in [-0.2, 0) is 5.75 Å². The van der Waals surface area contributed by atoms with Gasteiger partial charge >= 0.3 is 5.97 Å². The molecule has 1 aromatic carbocycles. The molecular formula is C13H9N7O3S2. The summed E-state index contributed by atoms with van der Waals surface area (Å²) >= 11 is 2.90. The van der Waals surface area contributed by atoms with E-state index in [1.54, 1.807) is 0 Å². The van der Waals surface area contributed by atoms with E-state index in [0.717, 1.165) is 14.6 Å². The Labute approximate surface area is 147 Å². The predicted molar refractivity (Wildman–Crippen MR) is 89.8 cm³/mol. The van der Waals surface area contributed by atoms with Gasteiger partial charge in [-0.25, -0.2) is 14.4 Å². The molecule has 3 aromatic heterocycles. The summed E-state index contributed by atoms with van der Waals surface area (Å²) in [4.78, 5) is 15.9. The van der Waals surface area contributed by atoms with Gasteiger partial charge in [0.05, 0.1) is 15.9 Å². The molecule has 0 bridgehead atoms. The molecule has 0 atom stereocenters. The molecule has 0 radical (unpaired) electrons. The first-order chi connectivity index (χ1) is 12.1. The van der Waals surface area contributed by atoms with Crippen LogP contribution >= 0.6 is 23.1 Å². The monoisotopic (exact) mass is 375 g/mol. The largest absolute Gasteiger partial charge is 0.476 e. The van der Waals surface area contributed by atoms with Gasteiger partial charge in [0.25, 0.3) is 0 Å². The van der Waals surface area contributed by atoms with Crippen molar-refractivity contribution in [2.45, 2.75) is 10.1 Å². The highest BCUT2D eigenvalue weighted by atomic mass is 32.2. The third kappa shape index (κ3) is 2.81. The second kappa shape index (κ2) is 6.14. The van der Waals surface area contributed by atoms with Crippen LogP contribution in [0, 0.1) is 0 Å². The molecule has 0 amide bonds. The number of thioether (sulfide) groups is 1. The number of nitrogens with zero attached hydrogens (tertiary/aromatic N) is 6. The summed E-state index contributed by atoms with van der Waals surface area (Å²) in [6.07, 6.45) is 0. The van der Waals surface area contributed by atoms with Crippen LogP contribution in [-0.4, -0.2) is 41.4 Å². The Kier molecular flexibility index (Phi) is 3.82. The number of fused-ring (bicyclic) bond motifs is 1. The number of thiazole rings is 1. The summed E-state index contributed by atoms with van der Waals surface area (Å²) in [5.74, 6) is -0.838. The highest BCUT2D eigenvalue weighted by Gasteiger charge is 2.23. The van der Waals surface area contributed by atoms with Gasteiger partial charge in [0.1, 0.15) is 0 Å². The molecule has 0 fully saturated rings. The number of anilines is 1. The molecule has 126 valence electrons. The lowest BCUT2D eigenvalue weighted by Crippen LogP contribution is -2.08. The summed E-state index contributed by atoms with van der Waals surface area (Å²) < 4.78 is 7.62. The van der Waals surface area contributed by atoms with Gasteiger partial charge in [-0.2, -0.15) is 4.68 Å². The molecule has 3 N–H and O–H groups in total. The first-order valence-corrected chi connectivity index (χ1v) is 8.68. The number of carbonyl (C=O) groups is 1. The van der Waals surface area contributed by atoms with Crippen molar-refractivity contribution < 1.29 is 14.5 Å². The Morgan fingerprint density at radius 3 is 2.92 bits per heavy atom. The minimum atomic E-state index is -1.19. The molecule has 0 aliphatic rings. The van der Waals surface area contributed by atoms with E-state index in [4.69, 9.17) is 5.73 Å². The molecule has 3 heterocycles. The first-order valence-electron chi connectivity index (χ1n) is 6.88. The second-order valence-electron chi connectivity index (χ2n) is 4.81. The van der Waals surface area contributed by atoms with Crippen LogP contribution in [0.1, 0.15) is 16.2 Å². The Bertz CT molecular complexity index is 1040. The molecule has 0 aliphatic heterocycles. The lowest BCUT2D eigenvalue weighted by Gasteiger charge is -2.02. The van der Waals surface area contributed by atoms with Crippen LogP contribution in [0.5, 0.6) is 0 Å². The van der Waals surface area contributed by atoms with Crippen molar-refractivity contribution in [2.75, 3.05) is 5.73 Å². The highest BCUT2D eigenvalue weighted by Crippen LogP contribution is 2.32. The number of hydrogen-bond acceptors (Lipinski definition) is 10. The maximum atomic E-state index is 11.4. The van der Waals surface area contributed by atoms with Crippen LogP contribution in [0.4, 0.5) is 5.82 Å². The molecule has 0 aliphatic carbocycles. The van der Waals surface area contributed by atoms with Crippen molar-refractivity contribution in [1.29, 1.82) is 0 Å². The van der Waals surface area contributed by atoms with Crippen molar-refractivity contribution in [2.24, 2.45) is 0 Å². The number of nitrogens with two attached hydrogens (primary N) is 1. The van der Waals surface area contributed by atoms with Gasteiger partial charge in [0, 0.05) is 5.75 Å². The standard InChI is InChI=1S/C13H9N7O3S2/c14-10-11(18-23-17-10)20-7(9(12(21)22)16-19-20)5-24-13-15-6-3-1-2-4-8(6)25-13/h1-4H,5H2,(H2,14,17)(H,21,22). The lowest BCUT2D eigenvalue weighted by molar-refractivity contribution is 0.0689. The van der Waals surface area contributed by atoms with Gasteiger partial charge in [0.15, 0.2) is 10.0 Å². The van der Waals surface area contributed by atoms with E-state index in [2.05, 4.69) is 30.2 Å². The van der Waals surface area contributed by atoms with Gasteiger partial charge in [-0.1, -0.05) is 29.1 Å². The summed E-state index contributed by atoms with van der Waals surface area (Å²) in [5, 5.41) is 23.9. The number of aromatic nitrogens is 6. The number of hydrogen-bond donors (Lipinski definition) is 2. The van der Waals surface area contributed by atoms with Crippen molar-refractivity contribution in [3.8, 4) is 5.82 Å². The van der Waals surface area contributed by atoms with E-state index in [-0.39, 0.29) is 23.1 Å². The van der Waals surface area contributed by atoms with Crippen molar-refractivity contribution in [3.05, 3.63) is 35.7 Å². The number of carboxylic acids is 1. The van der Waals surface area contributed by atoms with Gasteiger partial charge < -0.3 is 10.8 Å². The minimum absolute atomic E-state index is 0.00641. The maximum Gasteiger partial charge on any atom is 0.358 e. The summed E-state index contributed by atoms with van der Waals surface area (Å²) in [6.45, 7) is 0. The zero-order valence-electron chi connectivity index (χ0n) is 12.4. The van der Waals surface area contributed by atoms with Crippen molar-refractivity contribution >= 4 is 45.1 Å². The van der Waals surface area contributed by atoms with Crippen LogP contribution in [0.2, 0.25) is 0 Å². The molecule has 25 heavy (non-hydrogen) atoms. The molecule has 0 unspecified atom stereocenters.